The molecule has 5 rings (SSSR count). The molecule has 31 heavy (non-hydrogen) atoms. The molecule has 2 saturated heterocycles. The average molecular weight is 421 g/mol. The van der Waals surface area contributed by atoms with Crippen LogP contribution >= 0.6 is 0 Å². The van der Waals surface area contributed by atoms with Crippen molar-refractivity contribution in [3.63, 3.8) is 0 Å². The summed E-state index contributed by atoms with van der Waals surface area (Å²) in [6.07, 6.45) is 8.53. The standard InChI is InChI=1S/C27H33FN2O/c1-20-11-12-23(28)22(19-20)26(31)29-16-13-27(14-17-29,21-7-3-2-4-8-21)15-18-30-24-9-5-6-10-25(24)30/h2-4,7-8,11-12,19,24-25H,5-6,9-10,13-18H2,1H3. The fourth-order valence-corrected chi connectivity index (χ4v) is 6.08. The quantitative estimate of drug-likeness (QED) is 0.611. The second-order valence-electron chi connectivity index (χ2n) is 9.83. The number of nitrogens with zero attached hydrogens (tertiary/aromatic N) is 2. The molecule has 2 aromatic carbocycles. The molecular formula is C27H33FN2O. The normalized spacial score (nSPS) is 26.9. The molecule has 164 valence electrons. The summed E-state index contributed by atoms with van der Waals surface area (Å²) in [5.74, 6) is -0.584. The van der Waals surface area contributed by atoms with Crippen molar-refractivity contribution in [2.75, 3.05) is 19.6 Å². The molecule has 4 heteroatoms. The van der Waals surface area contributed by atoms with Gasteiger partial charge in [0.2, 0.25) is 0 Å². The SMILES string of the molecule is Cc1ccc(F)c(C(=O)N2CCC(CCN3C4CCCCC43)(c3ccccc3)CC2)c1. The zero-order valence-corrected chi connectivity index (χ0v) is 18.5. The smallest absolute Gasteiger partial charge is 0.256 e. The Kier molecular flexibility index (Phi) is 5.60. The summed E-state index contributed by atoms with van der Waals surface area (Å²) in [6, 6.07) is 17.3. The molecule has 0 aromatic heterocycles. The van der Waals surface area contributed by atoms with Crippen molar-refractivity contribution < 1.29 is 9.18 Å². The Morgan fingerprint density at radius 2 is 1.71 bits per heavy atom. The summed E-state index contributed by atoms with van der Waals surface area (Å²) in [7, 11) is 0. The number of rotatable bonds is 5. The molecule has 3 nitrogen and oxygen atoms in total. The first-order valence-corrected chi connectivity index (χ1v) is 11.9. The maximum absolute atomic E-state index is 14.3. The lowest BCUT2D eigenvalue weighted by Gasteiger charge is -2.43. The third-order valence-corrected chi connectivity index (χ3v) is 8.05. The van der Waals surface area contributed by atoms with E-state index in [1.54, 1.807) is 12.1 Å². The van der Waals surface area contributed by atoms with Gasteiger partial charge in [0.15, 0.2) is 0 Å². The lowest BCUT2D eigenvalue weighted by Crippen LogP contribution is -2.46. The Hall–Kier alpha value is -2.20. The van der Waals surface area contributed by atoms with E-state index in [1.807, 2.05) is 11.8 Å². The average Bonchev–Trinajstić information content (AvgIpc) is 3.53. The summed E-state index contributed by atoms with van der Waals surface area (Å²) in [6.45, 7) is 4.43. The van der Waals surface area contributed by atoms with Gasteiger partial charge >= 0.3 is 0 Å². The molecule has 0 radical (unpaired) electrons. The number of amides is 1. The maximum atomic E-state index is 14.3. The highest BCUT2D eigenvalue weighted by atomic mass is 19.1. The van der Waals surface area contributed by atoms with Crippen molar-refractivity contribution in [1.82, 2.24) is 9.80 Å². The minimum atomic E-state index is -0.417. The summed E-state index contributed by atoms with van der Waals surface area (Å²) < 4.78 is 14.3. The van der Waals surface area contributed by atoms with E-state index < -0.39 is 5.82 Å². The van der Waals surface area contributed by atoms with Gasteiger partial charge in [-0.05, 0) is 68.7 Å². The molecule has 2 atom stereocenters. The summed E-state index contributed by atoms with van der Waals surface area (Å²) in [5, 5.41) is 0. The van der Waals surface area contributed by atoms with Gasteiger partial charge in [0, 0.05) is 25.2 Å². The van der Waals surface area contributed by atoms with Gasteiger partial charge in [-0.2, -0.15) is 0 Å². The van der Waals surface area contributed by atoms with Crippen molar-refractivity contribution in [3.8, 4) is 0 Å². The summed E-state index contributed by atoms with van der Waals surface area (Å²) >= 11 is 0. The van der Waals surface area contributed by atoms with Gasteiger partial charge in [0.25, 0.3) is 5.91 Å². The van der Waals surface area contributed by atoms with Crippen LogP contribution in [0, 0.1) is 12.7 Å². The van der Waals surface area contributed by atoms with E-state index in [2.05, 4.69) is 35.2 Å². The molecule has 3 aliphatic rings. The molecule has 0 spiro atoms. The molecule has 1 saturated carbocycles. The zero-order valence-electron chi connectivity index (χ0n) is 18.5. The molecular weight excluding hydrogens is 387 g/mol. The van der Waals surface area contributed by atoms with Crippen LogP contribution in [0.25, 0.3) is 0 Å². The van der Waals surface area contributed by atoms with Gasteiger partial charge in [0.05, 0.1) is 5.56 Å². The third kappa shape index (κ3) is 4.03. The number of hydrogen-bond donors (Lipinski definition) is 0. The molecule has 0 bridgehead atoms. The molecule has 1 amide bonds. The van der Waals surface area contributed by atoms with E-state index in [1.165, 1.54) is 37.3 Å². The fraction of sp³-hybridized carbons (Fsp3) is 0.519. The third-order valence-electron chi connectivity index (χ3n) is 8.05. The largest absolute Gasteiger partial charge is 0.338 e. The van der Waals surface area contributed by atoms with Crippen LogP contribution in [0.15, 0.2) is 48.5 Å². The Morgan fingerprint density at radius 1 is 1.03 bits per heavy atom. The first kappa shape index (κ1) is 20.7. The number of aryl methyl sites for hydroxylation is 1. The minimum absolute atomic E-state index is 0.106. The van der Waals surface area contributed by atoms with Gasteiger partial charge in [0.1, 0.15) is 5.82 Å². The van der Waals surface area contributed by atoms with Crippen molar-refractivity contribution in [1.29, 1.82) is 0 Å². The van der Waals surface area contributed by atoms with Gasteiger partial charge in [-0.3, -0.25) is 9.69 Å². The van der Waals surface area contributed by atoms with E-state index in [4.69, 9.17) is 0 Å². The van der Waals surface area contributed by atoms with Crippen LogP contribution in [-0.4, -0.2) is 47.4 Å². The first-order valence-electron chi connectivity index (χ1n) is 11.9. The van der Waals surface area contributed by atoms with Crippen LogP contribution in [0.4, 0.5) is 4.39 Å². The van der Waals surface area contributed by atoms with Gasteiger partial charge < -0.3 is 4.90 Å². The van der Waals surface area contributed by atoms with Crippen LogP contribution in [-0.2, 0) is 5.41 Å². The predicted molar refractivity (Wildman–Crippen MR) is 122 cm³/mol. The number of halogens is 1. The lowest BCUT2D eigenvalue weighted by atomic mass is 9.70. The molecule has 2 heterocycles. The van der Waals surface area contributed by atoms with Crippen LogP contribution in [0.3, 0.4) is 0 Å². The molecule has 0 N–H and O–H groups in total. The number of hydrogen-bond acceptors (Lipinski definition) is 2. The number of carbonyl (C=O) groups is 1. The first-order chi connectivity index (χ1) is 15.1. The van der Waals surface area contributed by atoms with Crippen molar-refractivity contribution in [3.05, 3.63) is 71.0 Å². The predicted octanol–water partition coefficient (Wildman–Crippen LogP) is 5.33. The number of benzene rings is 2. The van der Waals surface area contributed by atoms with Crippen molar-refractivity contribution in [2.45, 2.75) is 69.4 Å². The maximum Gasteiger partial charge on any atom is 0.256 e. The second kappa shape index (κ2) is 8.38. The van der Waals surface area contributed by atoms with Crippen molar-refractivity contribution in [2.24, 2.45) is 0 Å². The van der Waals surface area contributed by atoms with E-state index in [0.29, 0.717) is 13.1 Å². The monoisotopic (exact) mass is 420 g/mol. The number of carbonyl (C=O) groups excluding carboxylic acids is 1. The van der Waals surface area contributed by atoms with E-state index in [0.717, 1.165) is 43.5 Å². The van der Waals surface area contributed by atoms with E-state index in [9.17, 15) is 9.18 Å². The number of likely N-dealkylation sites (tertiary alicyclic amines) is 2. The topological polar surface area (TPSA) is 23.3 Å². The Bertz CT molecular complexity index is 924. The molecule has 3 fully saturated rings. The van der Waals surface area contributed by atoms with Crippen LogP contribution in [0.2, 0.25) is 0 Å². The Labute approximate surface area is 185 Å². The summed E-state index contributed by atoms with van der Waals surface area (Å²) in [4.78, 5) is 17.6. The van der Waals surface area contributed by atoms with Gasteiger partial charge in [-0.15, -0.1) is 0 Å². The molecule has 2 aliphatic heterocycles. The van der Waals surface area contributed by atoms with E-state index >= 15 is 0 Å². The van der Waals surface area contributed by atoms with Gasteiger partial charge in [-0.25, -0.2) is 4.39 Å². The highest BCUT2D eigenvalue weighted by molar-refractivity contribution is 5.94. The highest BCUT2D eigenvalue weighted by Crippen LogP contribution is 2.44. The van der Waals surface area contributed by atoms with Crippen molar-refractivity contribution >= 4 is 5.91 Å². The second-order valence-corrected chi connectivity index (χ2v) is 9.83. The molecule has 2 unspecified atom stereocenters. The zero-order chi connectivity index (χ0) is 21.4. The molecule has 1 aliphatic carbocycles. The Balaban J connectivity index is 1.30. The highest BCUT2D eigenvalue weighted by Gasteiger charge is 2.49. The lowest BCUT2D eigenvalue weighted by molar-refractivity contribution is 0.0650. The van der Waals surface area contributed by atoms with E-state index in [-0.39, 0.29) is 16.9 Å². The Morgan fingerprint density at radius 3 is 2.39 bits per heavy atom. The number of piperidine rings is 1. The summed E-state index contributed by atoms with van der Waals surface area (Å²) in [5.41, 5.74) is 2.63. The molecule has 2 aromatic rings. The van der Waals surface area contributed by atoms with Crippen LogP contribution in [0.1, 0.15) is 66.4 Å². The van der Waals surface area contributed by atoms with Gasteiger partial charge in [-0.1, -0.05) is 54.8 Å². The number of fused-ring (bicyclic) bond motifs is 1. The fourth-order valence-electron chi connectivity index (χ4n) is 6.08. The van der Waals surface area contributed by atoms with Crippen LogP contribution in [0.5, 0.6) is 0 Å². The minimum Gasteiger partial charge on any atom is -0.338 e. The van der Waals surface area contributed by atoms with Crippen LogP contribution < -0.4 is 0 Å².